The minimum Gasteiger partial charge on any atom is -0.382 e. The number of aromatic nitrogens is 2. The largest absolute Gasteiger partial charge is 0.382 e. The van der Waals surface area contributed by atoms with Crippen LogP contribution in [0.4, 0.5) is 5.82 Å². The molecule has 17 heavy (non-hydrogen) atoms. The van der Waals surface area contributed by atoms with Crippen molar-refractivity contribution in [1.29, 1.82) is 0 Å². The third kappa shape index (κ3) is 1.76. The Hall–Kier alpha value is -2.29. The van der Waals surface area contributed by atoms with Gasteiger partial charge in [0.15, 0.2) is 5.82 Å². The van der Waals surface area contributed by atoms with Crippen molar-refractivity contribution in [3.8, 4) is 0 Å². The molecule has 2 N–H and O–H groups in total. The number of para-hydroxylation sites is 1. The fourth-order valence-electron chi connectivity index (χ4n) is 2.03. The van der Waals surface area contributed by atoms with E-state index in [0.717, 1.165) is 17.4 Å². The van der Waals surface area contributed by atoms with Crippen molar-refractivity contribution >= 4 is 16.7 Å². The van der Waals surface area contributed by atoms with E-state index in [1.807, 2.05) is 47.1 Å². The van der Waals surface area contributed by atoms with E-state index in [1.165, 1.54) is 5.56 Å². The lowest BCUT2D eigenvalue weighted by molar-refractivity contribution is 0.716. The second kappa shape index (κ2) is 3.94. The Kier molecular flexibility index (Phi) is 2.29. The minimum absolute atomic E-state index is 0.594. The van der Waals surface area contributed by atoms with Gasteiger partial charge in [0.2, 0.25) is 0 Å². The lowest BCUT2D eigenvalue weighted by Gasteiger charge is -2.02. The van der Waals surface area contributed by atoms with Gasteiger partial charge >= 0.3 is 0 Å². The molecule has 0 atom stereocenters. The van der Waals surface area contributed by atoms with Gasteiger partial charge in [-0.15, -0.1) is 0 Å². The zero-order valence-corrected chi connectivity index (χ0v) is 9.38. The highest BCUT2D eigenvalue weighted by atomic mass is 15.3. The summed E-state index contributed by atoms with van der Waals surface area (Å²) < 4.78 is 1.94. The van der Waals surface area contributed by atoms with Crippen molar-refractivity contribution in [3.63, 3.8) is 0 Å². The smallest absolute Gasteiger partial charge is 0.153 e. The number of nitrogens with two attached hydrogens (primary N) is 1. The number of benzene rings is 2. The van der Waals surface area contributed by atoms with E-state index in [-0.39, 0.29) is 0 Å². The van der Waals surface area contributed by atoms with Crippen molar-refractivity contribution < 1.29 is 0 Å². The second-order valence-corrected chi connectivity index (χ2v) is 4.05. The molecule has 3 nitrogen and oxygen atoms in total. The van der Waals surface area contributed by atoms with Crippen molar-refractivity contribution in [2.45, 2.75) is 6.54 Å². The van der Waals surface area contributed by atoms with Gasteiger partial charge in [-0.2, -0.15) is 5.10 Å². The molecule has 0 amide bonds. The summed E-state index contributed by atoms with van der Waals surface area (Å²) in [7, 11) is 0. The van der Waals surface area contributed by atoms with Gasteiger partial charge in [0, 0.05) is 5.39 Å². The molecule has 3 aromatic rings. The number of nitrogen functional groups attached to an aromatic ring is 1. The molecule has 0 aliphatic carbocycles. The molecule has 0 unspecified atom stereocenters. The molecule has 0 aliphatic heterocycles. The molecule has 0 radical (unpaired) electrons. The number of rotatable bonds is 2. The van der Waals surface area contributed by atoms with Crippen LogP contribution in [0.15, 0.2) is 54.6 Å². The summed E-state index contributed by atoms with van der Waals surface area (Å²) in [5.41, 5.74) is 8.20. The average Bonchev–Trinajstić information content (AvgIpc) is 2.69. The van der Waals surface area contributed by atoms with Crippen LogP contribution in [-0.4, -0.2) is 9.78 Å². The monoisotopic (exact) mass is 223 g/mol. The third-order valence-corrected chi connectivity index (χ3v) is 2.86. The van der Waals surface area contributed by atoms with Crippen molar-refractivity contribution in [2.24, 2.45) is 0 Å². The van der Waals surface area contributed by atoms with Crippen LogP contribution in [-0.2, 0) is 6.54 Å². The number of fused-ring (bicyclic) bond motifs is 1. The van der Waals surface area contributed by atoms with Gasteiger partial charge in [-0.3, -0.25) is 4.68 Å². The van der Waals surface area contributed by atoms with E-state index in [2.05, 4.69) is 17.2 Å². The van der Waals surface area contributed by atoms with Gasteiger partial charge in [-0.05, 0) is 17.7 Å². The first-order valence-electron chi connectivity index (χ1n) is 5.59. The Morgan fingerprint density at radius 3 is 2.47 bits per heavy atom. The molecule has 0 bridgehead atoms. The summed E-state index contributed by atoms with van der Waals surface area (Å²) in [5, 5.41) is 5.40. The van der Waals surface area contributed by atoms with Crippen LogP contribution in [0.3, 0.4) is 0 Å². The van der Waals surface area contributed by atoms with Gasteiger partial charge in [-0.25, -0.2) is 0 Å². The zero-order chi connectivity index (χ0) is 11.7. The summed E-state index contributed by atoms with van der Waals surface area (Å²) in [6, 6.07) is 18.3. The standard InChI is InChI=1S/C14H13N3/c15-14-12-8-4-5-9-13(12)17(16-14)10-11-6-2-1-3-7-11/h1-9H,10H2,(H2,15,16). The fourth-order valence-corrected chi connectivity index (χ4v) is 2.03. The molecule has 1 heterocycles. The molecule has 2 aromatic carbocycles. The maximum atomic E-state index is 5.90. The van der Waals surface area contributed by atoms with E-state index in [0.29, 0.717) is 5.82 Å². The maximum absolute atomic E-state index is 5.90. The molecule has 84 valence electrons. The van der Waals surface area contributed by atoms with Crippen molar-refractivity contribution in [1.82, 2.24) is 9.78 Å². The van der Waals surface area contributed by atoms with Crippen LogP contribution in [0, 0.1) is 0 Å². The van der Waals surface area contributed by atoms with Gasteiger partial charge in [0.05, 0.1) is 12.1 Å². The first-order chi connectivity index (χ1) is 8.34. The van der Waals surface area contributed by atoms with Gasteiger partial charge in [-0.1, -0.05) is 42.5 Å². The number of hydrogen-bond acceptors (Lipinski definition) is 2. The van der Waals surface area contributed by atoms with E-state index >= 15 is 0 Å². The highest BCUT2D eigenvalue weighted by Gasteiger charge is 2.06. The van der Waals surface area contributed by atoms with Gasteiger partial charge < -0.3 is 5.73 Å². The molecule has 0 aliphatic rings. The summed E-state index contributed by atoms with van der Waals surface area (Å²) in [4.78, 5) is 0. The van der Waals surface area contributed by atoms with E-state index in [1.54, 1.807) is 0 Å². The van der Waals surface area contributed by atoms with E-state index in [4.69, 9.17) is 5.73 Å². The average molecular weight is 223 g/mol. The molecular formula is C14H13N3. The lowest BCUT2D eigenvalue weighted by Crippen LogP contribution is -2.01. The van der Waals surface area contributed by atoms with Crippen LogP contribution in [0.2, 0.25) is 0 Å². The fraction of sp³-hybridized carbons (Fsp3) is 0.0714. The van der Waals surface area contributed by atoms with E-state index in [9.17, 15) is 0 Å². The normalized spacial score (nSPS) is 10.8. The molecular weight excluding hydrogens is 210 g/mol. The molecule has 3 heteroatoms. The Labute approximate surface area is 99.5 Å². The quantitative estimate of drug-likeness (QED) is 0.725. The van der Waals surface area contributed by atoms with Crippen LogP contribution in [0.5, 0.6) is 0 Å². The summed E-state index contributed by atoms with van der Waals surface area (Å²) in [6.45, 7) is 0.749. The molecule has 1 aromatic heterocycles. The predicted molar refractivity (Wildman–Crippen MR) is 69.7 cm³/mol. The van der Waals surface area contributed by atoms with Gasteiger partial charge in [0.25, 0.3) is 0 Å². The van der Waals surface area contributed by atoms with Gasteiger partial charge in [0.1, 0.15) is 0 Å². The Bertz CT molecular complexity index is 641. The molecule has 0 saturated heterocycles. The van der Waals surface area contributed by atoms with Crippen LogP contribution >= 0.6 is 0 Å². The Morgan fingerprint density at radius 1 is 0.941 bits per heavy atom. The second-order valence-electron chi connectivity index (χ2n) is 4.05. The summed E-state index contributed by atoms with van der Waals surface area (Å²) >= 11 is 0. The Morgan fingerprint density at radius 2 is 1.65 bits per heavy atom. The van der Waals surface area contributed by atoms with E-state index < -0.39 is 0 Å². The SMILES string of the molecule is Nc1nn(Cc2ccccc2)c2ccccc12. The zero-order valence-electron chi connectivity index (χ0n) is 9.38. The molecule has 0 saturated carbocycles. The lowest BCUT2D eigenvalue weighted by atomic mass is 10.2. The first-order valence-corrected chi connectivity index (χ1v) is 5.59. The van der Waals surface area contributed by atoms with Crippen LogP contribution in [0.25, 0.3) is 10.9 Å². The molecule has 3 rings (SSSR count). The number of anilines is 1. The summed E-state index contributed by atoms with van der Waals surface area (Å²) in [5.74, 6) is 0.594. The topological polar surface area (TPSA) is 43.8 Å². The molecule has 0 spiro atoms. The first kappa shape index (κ1) is 9.90. The minimum atomic E-state index is 0.594. The third-order valence-electron chi connectivity index (χ3n) is 2.86. The number of hydrogen-bond donors (Lipinski definition) is 1. The van der Waals surface area contributed by atoms with Crippen molar-refractivity contribution in [3.05, 3.63) is 60.2 Å². The maximum Gasteiger partial charge on any atom is 0.153 e. The predicted octanol–water partition coefficient (Wildman–Crippen LogP) is 2.67. The highest BCUT2D eigenvalue weighted by molar-refractivity contribution is 5.89. The van der Waals surface area contributed by atoms with Crippen LogP contribution < -0.4 is 5.73 Å². The Balaban J connectivity index is 2.07. The van der Waals surface area contributed by atoms with Crippen LogP contribution in [0.1, 0.15) is 5.56 Å². The molecule has 0 fully saturated rings. The van der Waals surface area contributed by atoms with Crippen molar-refractivity contribution in [2.75, 3.05) is 5.73 Å². The summed E-state index contributed by atoms with van der Waals surface area (Å²) in [6.07, 6.45) is 0. The highest BCUT2D eigenvalue weighted by Crippen LogP contribution is 2.20. The number of nitrogens with zero attached hydrogens (tertiary/aromatic N) is 2.